The van der Waals surface area contributed by atoms with Crippen LogP contribution >= 0.6 is 0 Å². The highest BCUT2D eigenvalue weighted by molar-refractivity contribution is 7.90. The quantitative estimate of drug-likeness (QED) is 0.601. The molecule has 0 radical (unpaired) electrons. The van der Waals surface area contributed by atoms with Gasteiger partial charge in [-0.05, 0) is 36.8 Å². The summed E-state index contributed by atoms with van der Waals surface area (Å²) in [6, 6.07) is 12.0. The molecule has 0 saturated heterocycles. The van der Waals surface area contributed by atoms with Gasteiger partial charge in [-0.25, -0.2) is 10.0 Å². The van der Waals surface area contributed by atoms with E-state index in [1.54, 1.807) is 50.5 Å². The fourth-order valence-corrected chi connectivity index (χ4v) is 4.16. The van der Waals surface area contributed by atoms with Gasteiger partial charge >= 0.3 is 0 Å². The maximum atomic E-state index is 12.1. The smallest absolute Gasteiger partial charge is 0.267 e. The zero-order chi connectivity index (χ0) is 18.5. The van der Waals surface area contributed by atoms with E-state index in [9.17, 15) is 13.2 Å². The third-order valence-electron chi connectivity index (χ3n) is 4.23. The van der Waals surface area contributed by atoms with Gasteiger partial charge in [-0.3, -0.25) is 4.79 Å². The van der Waals surface area contributed by atoms with Crippen molar-refractivity contribution in [3.8, 4) is 0 Å². The van der Waals surface area contributed by atoms with E-state index in [1.807, 2.05) is 6.07 Å². The Hall–Kier alpha value is -3.13. The predicted molar refractivity (Wildman–Crippen MR) is 98.5 cm³/mol. The Morgan fingerprint density at radius 3 is 2.65 bits per heavy atom. The second-order valence-electron chi connectivity index (χ2n) is 5.96. The Morgan fingerprint density at radius 1 is 1.08 bits per heavy atom. The van der Waals surface area contributed by atoms with Crippen molar-refractivity contribution in [2.75, 3.05) is 7.05 Å². The van der Waals surface area contributed by atoms with Crippen molar-refractivity contribution in [1.82, 2.24) is 5.01 Å². The highest BCUT2D eigenvalue weighted by Crippen LogP contribution is 2.27. The van der Waals surface area contributed by atoms with Gasteiger partial charge in [0.25, 0.3) is 15.9 Å². The van der Waals surface area contributed by atoms with E-state index in [0.29, 0.717) is 16.8 Å². The molecule has 0 bridgehead atoms. The number of carbonyl (C=O) groups excluding carboxylic acids is 1. The monoisotopic (exact) mass is 366 g/mol. The fourth-order valence-electron chi connectivity index (χ4n) is 2.93. The summed E-state index contributed by atoms with van der Waals surface area (Å²) in [7, 11) is -2.05. The summed E-state index contributed by atoms with van der Waals surface area (Å²) in [5.74, 6) is 0.0335. The Morgan fingerprint density at radius 2 is 1.85 bits per heavy atom. The number of amides is 1. The molecule has 2 aromatic rings. The first-order valence-electron chi connectivity index (χ1n) is 7.83. The molecule has 8 heteroatoms. The summed E-state index contributed by atoms with van der Waals surface area (Å²) in [6.07, 6.45) is 1.59. The number of nitrogens with zero attached hydrogens (tertiary/aromatic N) is 4. The molecule has 2 heterocycles. The van der Waals surface area contributed by atoms with E-state index in [0.717, 1.165) is 11.1 Å². The Kier molecular flexibility index (Phi) is 3.58. The van der Waals surface area contributed by atoms with Crippen LogP contribution in [0.5, 0.6) is 0 Å². The minimum absolute atomic E-state index is 0.180. The average molecular weight is 366 g/mol. The van der Waals surface area contributed by atoms with E-state index in [4.69, 9.17) is 0 Å². The number of benzene rings is 2. The van der Waals surface area contributed by atoms with E-state index < -0.39 is 10.0 Å². The number of hydrazone groups is 1. The molecule has 0 N–H and O–H groups in total. The van der Waals surface area contributed by atoms with Crippen LogP contribution < -0.4 is 0 Å². The van der Waals surface area contributed by atoms with Crippen LogP contribution in [0.2, 0.25) is 0 Å². The summed E-state index contributed by atoms with van der Waals surface area (Å²) in [5.41, 5.74) is 3.33. The number of amidine groups is 1. The lowest BCUT2D eigenvalue weighted by atomic mass is 10.0. The maximum Gasteiger partial charge on any atom is 0.285 e. The van der Waals surface area contributed by atoms with Crippen LogP contribution in [-0.4, -0.2) is 44.1 Å². The molecule has 1 amide bonds. The molecule has 0 spiro atoms. The van der Waals surface area contributed by atoms with Gasteiger partial charge in [-0.2, -0.15) is 13.5 Å². The zero-order valence-electron chi connectivity index (χ0n) is 14.0. The molecular weight excluding hydrogens is 352 g/mol. The molecule has 2 aliphatic heterocycles. The SMILES string of the molecule is CC1=NC(=O)c2ccc(/C=N/N(C)C3=NS(=O)(=O)c4ccccc43)cc21. The van der Waals surface area contributed by atoms with Gasteiger partial charge in [-0.1, -0.05) is 18.2 Å². The van der Waals surface area contributed by atoms with Gasteiger partial charge < -0.3 is 0 Å². The molecule has 0 saturated carbocycles. The van der Waals surface area contributed by atoms with Gasteiger partial charge in [0.15, 0.2) is 5.84 Å². The van der Waals surface area contributed by atoms with Crippen molar-refractivity contribution in [3.05, 3.63) is 64.7 Å². The number of hydrogen-bond donors (Lipinski definition) is 0. The van der Waals surface area contributed by atoms with Crippen molar-refractivity contribution in [1.29, 1.82) is 0 Å². The lowest BCUT2D eigenvalue weighted by Crippen LogP contribution is -2.21. The molecule has 0 unspecified atom stereocenters. The predicted octanol–water partition coefficient (Wildman–Crippen LogP) is 2.06. The molecule has 0 fully saturated rings. The van der Waals surface area contributed by atoms with Gasteiger partial charge in [-0.15, -0.1) is 4.40 Å². The molecule has 2 aliphatic rings. The topological polar surface area (TPSA) is 91.5 Å². The minimum Gasteiger partial charge on any atom is -0.267 e. The van der Waals surface area contributed by atoms with Crippen molar-refractivity contribution in [3.63, 3.8) is 0 Å². The first-order valence-corrected chi connectivity index (χ1v) is 9.27. The highest BCUT2D eigenvalue weighted by Gasteiger charge is 2.30. The lowest BCUT2D eigenvalue weighted by Gasteiger charge is -2.12. The van der Waals surface area contributed by atoms with Crippen molar-refractivity contribution < 1.29 is 13.2 Å². The molecule has 0 aromatic heterocycles. The number of sulfonamides is 1. The molecule has 130 valence electrons. The summed E-state index contributed by atoms with van der Waals surface area (Å²) in [6.45, 7) is 1.78. The van der Waals surface area contributed by atoms with Crippen LogP contribution in [0.15, 0.2) is 61.9 Å². The van der Waals surface area contributed by atoms with E-state index in [2.05, 4.69) is 14.5 Å². The third-order valence-corrected chi connectivity index (χ3v) is 5.56. The minimum atomic E-state index is -3.68. The molecule has 0 atom stereocenters. The van der Waals surface area contributed by atoms with Gasteiger partial charge in [0.2, 0.25) is 0 Å². The van der Waals surface area contributed by atoms with Crippen LogP contribution in [0, 0.1) is 0 Å². The average Bonchev–Trinajstić information content (AvgIpc) is 3.06. The summed E-state index contributed by atoms with van der Waals surface area (Å²) < 4.78 is 28.1. The van der Waals surface area contributed by atoms with Crippen LogP contribution in [0.4, 0.5) is 0 Å². The van der Waals surface area contributed by atoms with E-state index >= 15 is 0 Å². The molecule has 0 aliphatic carbocycles. The standard InChI is InChI=1S/C18H14N4O3S/c1-11-15-9-12(7-8-13(15)18(23)20-11)10-19-22(2)17-14-5-3-4-6-16(14)26(24,25)21-17/h3-10H,1-2H3/b19-10+. The van der Waals surface area contributed by atoms with Gasteiger partial charge in [0.05, 0.1) is 11.8 Å². The summed E-state index contributed by atoms with van der Waals surface area (Å²) in [5, 5.41) is 5.72. The van der Waals surface area contributed by atoms with Crippen molar-refractivity contribution >= 4 is 33.7 Å². The number of aliphatic imine (C=N–C) groups is 1. The Bertz CT molecular complexity index is 1150. The van der Waals surface area contributed by atoms with Crippen LogP contribution in [0.1, 0.15) is 34.0 Å². The van der Waals surface area contributed by atoms with Crippen molar-refractivity contribution in [2.45, 2.75) is 11.8 Å². The lowest BCUT2D eigenvalue weighted by molar-refractivity contribution is 0.101. The summed E-state index contributed by atoms with van der Waals surface area (Å²) in [4.78, 5) is 15.8. The molecular formula is C18H14N4O3S. The third kappa shape index (κ3) is 2.55. The number of carbonyl (C=O) groups is 1. The maximum absolute atomic E-state index is 12.1. The number of fused-ring (bicyclic) bond motifs is 2. The highest BCUT2D eigenvalue weighted by atomic mass is 32.2. The largest absolute Gasteiger partial charge is 0.285 e. The molecule has 26 heavy (non-hydrogen) atoms. The second-order valence-corrected chi connectivity index (χ2v) is 7.53. The van der Waals surface area contributed by atoms with Crippen LogP contribution in [0.25, 0.3) is 0 Å². The Labute approximate surface area is 150 Å². The number of hydrogen-bond acceptors (Lipinski definition) is 5. The van der Waals surface area contributed by atoms with Gasteiger partial charge in [0, 0.05) is 23.9 Å². The molecule has 7 nitrogen and oxygen atoms in total. The first-order chi connectivity index (χ1) is 12.4. The van der Waals surface area contributed by atoms with Crippen LogP contribution in [-0.2, 0) is 10.0 Å². The molecule has 4 rings (SSSR count). The second kappa shape index (κ2) is 5.70. The van der Waals surface area contributed by atoms with Crippen molar-refractivity contribution in [2.24, 2.45) is 14.5 Å². The van der Waals surface area contributed by atoms with Gasteiger partial charge in [0.1, 0.15) is 4.90 Å². The van der Waals surface area contributed by atoms with Crippen LogP contribution in [0.3, 0.4) is 0 Å². The fraction of sp³-hybridized carbons (Fsp3) is 0.111. The number of rotatable bonds is 2. The zero-order valence-corrected chi connectivity index (χ0v) is 14.9. The van der Waals surface area contributed by atoms with E-state index in [1.165, 1.54) is 11.1 Å². The Balaban J connectivity index is 1.64. The molecule has 2 aromatic carbocycles. The summed E-state index contributed by atoms with van der Waals surface area (Å²) >= 11 is 0. The first kappa shape index (κ1) is 16.3. The van der Waals surface area contributed by atoms with E-state index in [-0.39, 0.29) is 16.6 Å². The normalized spacial score (nSPS) is 17.1.